The first-order valence-electron chi connectivity index (χ1n) is 6.07. The molecule has 0 aliphatic heterocycles. The van der Waals surface area contributed by atoms with E-state index in [1.807, 2.05) is 0 Å². The maximum absolute atomic E-state index is 12.6. The van der Waals surface area contributed by atoms with Crippen molar-refractivity contribution in [1.82, 2.24) is 5.32 Å². The molecule has 7 heteroatoms. The Morgan fingerprint density at radius 3 is 2.55 bits per heavy atom. The molecule has 1 aromatic rings. The van der Waals surface area contributed by atoms with Crippen LogP contribution >= 0.6 is 38.5 Å². The molecule has 112 valence electrons. The van der Waals surface area contributed by atoms with Crippen molar-refractivity contribution in [2.24, 2.45) is 0 Å². The standard InChI is InChI=1S/C13H14BrF3INO/c14-11-5-4-9(13(15,16)17)8-10(11)12(20)19-7-3-1-2-6-18/h4-5,8H,1-3,6-7H2,(H,19,20). The highest BCUT2D eigenvalue weighted by Gasteiger charge is 2.31. The van der Waals surface area contributed by atoms with Crippen LogP contribution < -0.4 is 5.32 Å². The zero-order valence-electron chi connectivity index (χ0n) is 10.6. The zero-order chi connectivity index (χ0) is 15.2. The summed E-state index contributed by atoms with van der Waals surface area (Å²) in [6.07, 6.45) is -1.56. The molecule has 0 spiro atoms. The van der Waals surface area contributed by atoms with Crippen molar-refractivity contribution in [2.45, 2.75) is 25.4 Å². The van der Waals surface area contributed by atoms with Gasteiger partial charge in [0.25, 0.3) is 5.91 Å². The van der Waals surface area contributed by atoms with E-state index in [1.165, 1.54) is 6.07 Å². The first-order chi connectivity index (χ1) is 9.36. The third-order valence-corrected chi connectivity index (χ3v) is 4.09. The minimum absolute atomic E-state index is 0.00807. The fourth-order valence-electron chi connectivity index (χ4n) is 1.57. The topological polar surface area (TPSA) is 29.1 Å². The van der Waals surface area contributed by atoms with Crippen molar-refractivity contribution in [3.8, 4) is 0 Å². The highest BCUT2D eigenvalue weighted by molar-refractivity contribution is 14.1. The monoisotopic (exact) mass is 463 g/mol. The Morgan fingerprint density at radius 2 is 1.95 bits per heavy atom. The van der Waals surface area contributed by atoms with Gasteiger partial charge in [0.1, 0.15) is 0 Å². The lowest BCUT2D eigenvalue weighted by molar-refractivity contribution is -0.137. The van der Waals surface area contributed by atoms with Gasteiger partial charge < -0.3 is 5.32 Å². The number of hydrogen-bond acceptors (Lipinski definition) is 1. The number of amides is 1. The molecule has 1 amide bonds. The summed E-state index contributed by atoms with van der Waals surface area (Å²) in [7, 11) is 0. The number of unbranched alkanes of at least 4 members (excludes halogenated alkanes) is 2. The molecular weight excluding hydrogens is 450 g/mol. The molecule has 0 saturated heterocycles. The molecule has 0 atom stereocenters. The summed E-state index contributed by atoms with van der Waals surface area (Å²) in [5, 5.41) is 2.64. The number of carbonyl (C=O) groups excluding carboxylic acids is 1. The van der Waals surface area contributed by atoms with Crippen LogP contribution in [0.3, 0.4) is 0 Å². The molecular formula is C13H14BrF3INO. The Kier molecular flexibility index (Phi) is 7.28. The molecule has 0 aliphatic rings. The number of halogens is 5. The van der Waals surface area contributed by atoms with Crippen molar-refractivity contribution in [3.63, 3.8) is 0 Å². The summed E-state index contributed by atoms with van der Waals surface area (Å²) in [6, 6.07) is 3.05. The van der Waals surface area contributed by atoms with Gasteiger partial charge >= 0.3 is 6.18 Å². The van der Waals surface area contributed by atoms with E-state index in [0.29, 0.717) is 11.0 Å². The Morgan fingerprint density at radius 1 is 1.25 bits per heavy atom. The summed E-state index contributed by atoms with van der Waals surface area (Å²) < 4.78 is 39.2. The fourth-order valence-corrected chi connectivity index (χ4v) is 2.54. The van der Waals surface area contributed by atoms with Gasteiger partial charge in [-0.25, -0.2) is 0 Å². The molecule has 0 heterocycles. The zero-order valence-corrected chi connectivity index (χ0v) is 14.3. The van der Waals surface area contributed by atoms with Gasteiger partial charge in [0.2, 0.25) is 0 Å². The van der Waals surface area contributed by atoms with Crippen LogP contribution in [0.25, 0.3) is 0 Å². The minimum Gasteiger partial charge on any atom is -0.352 e. The van der Waals surface area contributed by atoms with E-state index in [4.69, 9.17) is 0 Å². The Balaban J connectivity index is 2.67. The van der Waals surface area contributed by atoms with Crippen LogP contribution in [0.15, 0.2) is 22.7 Å². The molecule has 1 rings (SSSR count). The molecule has 0 aromatic heterocycles. The number of carbonyl (C=O) groups is 1. The lowest BCUT2D eigenvalue weighted by atomic mass is 10.1. The molecule has 1 N–H and O–H groups in total. The van der Waals surface area contributed by atoms with Gasteiger partial charge in [0.15, 0.2) is 0 Å². The van der Waals surface area contributed by atoms with Crippen LogP contribution in [-0.2, 0) is 6.18 Å². The Labute approximate surface area is 137 Å². The lowest BCUT2D eigenvalue weighted by Gasteiger charge is -2.11. The van der Waals surface area contributed by atoms with Gasteiger partial charge in [-0.3, -0.25) is 4.79 Å². The van der Waals surface area contributed by atoms with Gasteiger partial charge in [-0.05, 0) is 51.4 Å². The predicted octanol–water partition coefficient (Wildman–Crippen LogP) is 4.80. The number of rotatable bonds is 6. The van der Waals surface area contributed by atoms with Crippen LogP contribution in [0.5, 0.6) is 0 Å². The molecule has 1 aromatic carbocycles. The average Bonchev–Trinajstić information content (AvgIpc) is 2.37. The lowest BCUT2D eigenvalue weighted by Crippen LogP contribution is -2.25. The number of hydrogen-bond donors (Lipinski definition) is 1. The number of nitrogens with one attached hydrogen (secondary N) is 1. The van der Waals surface area contributed by atoms with Crippen molar-refractivity contribution < 1.29 is 18.0 Å². The van der Waals surface area contributed by atoms with E-state index in [9.17, 15) is 18.0 Å². The van der Waals surface area contributed by atoms with Crippen molar-refractivity contribution >= 4 is 44.4 Å². The molecule has 20 heavy (non-hydrogen) atoms. The second-order valence-corrected chi connectivity index (χ2v) is 6.13. The van der Waals surface area contributed by atoms with E-state index in [1.54, 1.807) is 0 Å². The first kappa shape index (κ1) is 17.7. The van der Waals surface area contributed by atoms with E-state index in [0.717, 1.165) is 35.8 Å². The molecule has 0 aliphatic carbocycles. The average molecular weight is 464 g/mol. The maximum Gasteiger partial charge on any atom is 0.416 e. The second kappa shape index (κ2) is 8.21. The van der Waals surface area contributed by atoms with E-state index < -0.39 is 17.6 Å². The van der Waals surface area contributed by atoms with Gasteiger partial charge in [-0.2, -0.15) is 13.2 Å². The van der Waals surface area contributed by atoms with E-state index in [-0.39, 0.29) is 5.56 Å². The van der Waals surface area contributed by atoms with Crippen molar-refractivity contribution in [1.29, 1.82) is 0 Å². The molecule has 0 unspecified atom stereocenters. The normalized spacial score (nSPS) is 11.4. The number of benzene rings is 1. The highest BCUT2D eigenvalue weighted by Crippen LogP contribution is 2.31. The molecule has 2 nitrogen and oxygen atoms in total. The third-order valence-electron chi connectivity index (χ3n) is 2.63. The molecule has 0 fully saturated rings. The second-order valence-electron chi connectivity index (χ2n) is 4.20. The van der Waals surface area contributed by atoms with Gasteiger partial charge in [-0.15, -0.1) is 0 Å². The van der Waals surface area contributed by atoms with Crippen molar-refractivity contribution in [2.75, 3.05) is 11.0 Å². The van der Waals surface area contributed by atoms with Crippen LogP contribution in [0.1, 0.15) is 35.2 Å². The quantitative estimate of drug-likeness (QED) is 0.366. The SMILES string of the molecule is O=C(NCCCCCI)c1cc(C(F)(F)F)ccc1Br. The highest BCUT2D eigenvalue weighted by atomic mass is 127. The molecule has 0 saturated carbocycles. The molecule has 0 radical (unpaired) electrons. The smallest absolute Gasteiger partial charge is 0.352 e. The summed E-state index contributed by atoms with van der Waals surface area (Å²) in [6.45, 7) is 0.470. The summed E-state index contributed by atoms with van der Waals surface area (Å²) in [5.41, 5.74) is -0.815. The van der Waals surface area contributed by atoms with Gasteiger partial charge in [0, 0.05) is 11.0 Å². The summed E-state index contributed by atoms with van der Waals surface area (Å²) in [5.74, 6) is -0.488. The van der Waals surface area contributed by atoms with E-state index in [2.05, 4.69) is 43.8 Å². The van der Waals surface area contributed by atoms with Crippen LogP contribution in [0.4, 0.5) is 13.2 Å². The fraction of sp³-hybridized carbons (Fsp3) is 0.462. The Bertz CT molecular complexity index is 465. The predicted molar refractivity (Wildman–Crippen MR) is 84.2 cm³/mol. The third kappa shape index (κ3) is 5.59. The van der Waals surface area contributed by atoms with Crippen LogP contribution in [0, 0.1) is 0 Å². The molecule has 0 bridgehead atoms. The summed E-state index contributed by atoms with van der Waals surface area (Å²) >= 11 is 5.38. The van der Waals surface area contributed by atoms with Gasteiger partial charge in [0.05, 0.1) is 11.1 Å². The minimum atomic E-state index is -4.45. The largest absolute Gasteiger partial charge is 0.416 e. The van der Waals surface area contributed by atoms with Crippen LogP contribution in [0.2, 0.25) is 0 Å². The Hall–Kier alpha value is -0.310. The van der Waals surface area contributed by atoms with E-state index >= 15 is 0 Å². The first-order valence-corrected chi connectivity index (χ1v) is 8.39. The van der Waals surface area contributed by atoms with Crippen LogP contribution in [-0.4, -0.2) is 16.9 Å². The van der Waals surface area contributed by atoms with Crippen molar-refractivity contribution in [3.05, 3.63) is 33.8 Å². The number of alkyl halides is 4. The summed E-state index contributed by atoms with van der Waals surface area (Å²) in [4.78, 5) is 11.9. The maximum atomic E-state index is 12.6. The van der Waals surface area contributed by atoms with Gasteiger partial charge in [-0.1, -0.05) is 29.0 Å².